The second-order valence-corrected chi connectivity index (χ2v) is 7.43. The van der Waals surface area contributed by atoms with Crippen LogP contribution in [-0.4, -0.2) is 72.8 Å². The van der Waals surface area contributed by atoms with E-state index in [-0.39, 0.29) is 23.6 Å². The Bertz CT molecular complexity index is 704. The number of Topliss-reactive ketones (excluding diaryl/α,β-unsaturated/α-hetero) is 1. The van der Waals surface area contributed by atoms with Crippen LogP contribution in [0.5, 0.6) is 5.75 Å². The topological polar surface area (TPSA) is 79.0 Å². The summed E-state index contributed by atoms with van der Waals surface area (Å²) >= 11 is 0. The van der Waals surface area contributed by atoms with Gasteiger partial charge in [0.05, 0.1) is 13.2 Å². The van der Waals surface area contributed by atoms with E-state index in [4.69, 9.17) is 4.74 Å². The third kappa shape index (κ3) is 5.32. The molecule has 7 heteroatoms. The number of benzene rings is 1. The van der Waals surface area contributed by atoms with Crippen molar-refractivity contribution in [3.05, 3.63) is 29.8 Å². The molecule has 3 rings (SSSR count). The lowest BCUT2D eigenvalue weighted by Crippen LogP contribution is -2.57. The Balaban J connectivity index is 1.40. The van der Waals surface area contributed by atoms with E-state index in [1.165, 1.54) is 6.92 Å². The first kappa shape index (κ1) is 20.3. The Morgan fingerprint density at radius 3 is 2.71 bits per heavy atom. The molecular weight excluding hydrogens is 358 g/mol. The van der Waals surface area contributed by atoms with Gasteiger partial charge in [-0.1, -0.05) is 0 Å². The lowest BCUT2D eigenvalue weighted by atomic mass is 10.0. The summed E-state index contributed by atoms with van der Waals surface area (Å²) < 4.78 is 5.67. The first-order chi connectivity index (χ1) is 13.5. The maximum absolute atomic E-state index is 12.6. The maximum atomic E-state index is 12.6. The second-order valence-electron chi connectivity index (χ2n) is 7.43. The summed E-state index contributed by atoms with van der Waals surface area (Å²) in [6.07, 6.45) is 2.98. The van der Waals surface area contributed by atoms with Crippen LogP contribution in [0.2, 0.25) is 0 Å². The van der Waals surface area contributed by atoms with Crippen molar-refractivity contribution < 1.29 is 19.1 Å². The minimum Gasteiger partial charge on any atom is -0.494 e. The van der Waals surface area contributed by atoms with E-state index < -0.39 is 0 Å². The molecule has 0 aromatic heterocycles. The van der Waals surface area contributed by atoms with Gasteiger partial charge >= 0.3 is 0 Å². The van der Waals surface area contributed by atoms with Gasteiger partial charge in [-0.2, -0.15) is 0 Å². The zero-order chi connectivity index (χ0) is 19.9. The molecule has 0 saturated carbocycles. The van der Waals surface area contributed by atoms with Crippen molar-refractivity contribution in [2.75, 3.05) is 39.3 Å². The quantitative estimate of drug-likeness (QED) is 0.566. The van der Waals surface area contributed by atoms with Crippen LogP contribution >= 0.6 is 0 Å². The molecule has 7 nitrogen and oxygen atoms in total. The summed E-state index contributed by atoms with van der Waals surface area (Å²) in [5, 5.41) is 3.09. The number of carbonyl (C=O) groups excluding carboxylic acids is 3. The SMILES string of the molecule is CC(=O)c1ccc(OCCCC(=O)N2CCCC(N3CCNCC3=O)C2)cc1. The Morgan fingerprint density at radius 2 is 2.00 bits per heavy atom. The second kappa shape index (κ2) is 9.68. The molecule has 0 bridgehead atoms. The number of amides is 2. The largest absolute Gasteiger partial charge is 0.494 e. The van der Waals surface area contributed by atoms with Crippen molar-refractivity contribution >= 4 is 17.6 Å². The third-order valence-electron chi connectivity index (χ3n) is 5.38. The fourth-order valence-electron chi connectivity index (χ4n) is 3.80. The summed E-state index contributed by atoms with van der Waals surface area (Å²) in [7, 11) is 0. The highest BCUT2D eigenvalue weighted by Gasteiger charge is 2.31. The summed E-state index contributed by atoms with van der Waals surface area (Å²) in [6.45, 7) is 5.34. The van der Waals surface area contributed by atoms with Gasteiger partial charge < -0.3 is 19.9 Å². The molecule has 1 aromatic rings. The first-order valence-electron chi connectivity index (χ1n) is 10.1. The van der Waals surface area contributed by atoms with Crippen molar-refractivity contribution in [1.82, 2.24) is 15.1 Å². The van der Waals surface area contributed by atoms with E-state index in [1.54, 1.807) is 24.3 Å². The highest BCUT2D eigenvalue weighted by Crippen LogP contribution is 2.18. The Morgan fingerprint density at radius 1 is 1.21 bits per heavy atom. The van der Waals surface area contributed by atoms with Gasteiger partial charge in [0.25, 0.3) is 0 Å². The number of hydrogen-bond acceptors (Lipinski definition) is 5. The highest BCUT2D eigenvalue weighted by atomic mass is 16.5. The standard InChI is InChI=1S/C21H29N3O4/c1-16(25)17-6-8-19(9-7-17)28-13-3-5-20(26)23-11-2-4-18(15-23)24-12-10-22-14-21(24)27/h6-9,18,22H,2-5,10-15H2,1H3. The van der Waals surface area contributed by atoms with E-state index in [0.717, 1.165) is 32.5 Å². The van der Waals surface area contributed by atoms with Crippen molar-refractivity contribution in [3.63, 3.8) is 0 Å². The Kier molecular flexibility index (Phi) is 7.03. The van der Waals surface area contributed by atoms with Crippen LogP contribution in [0.25, 0.3) is 0 Å². The molecule has 0 radical (unpaired) electrons. The van der Waals surface area contributed by atoms with Crippen LogP contribution in [-0.2, 0) is 9.59 Å². The number of rotatable bonds is 7. The maximum Gasteiger partial charge on any atom is 0.236 e. The molecule has 1 atom stereocenters. The number of ketones is 1. The van der Waals surface area contributed by atoms with E-state index in [0.29, 0.717) is 43.9 Å². The van der Waals surface area contributed by atoms with Gasteiger partial charge in [0.1, 0.15) is 5.75 Å². The molecule has 0 aliphatic carbocycles. The fourth-order valence-corrected chi connectivity index (χ4v) is 3.80. The lowest BCUT2D eigenvalue weighted by molar-refractivity contribution is -0.140. The number of hydrogen-bond donors (Lipinski definition) is 1. The van der Waals surface area contributed by atoms with Gasteiger partial charge in [0.2, 0.25) is 11.8 Å². The molecular formula is C21H29N3O4. The van der Waals surface area contributed by atoms with Gasteiger partial charge in [-0.25, -0.2) is 0 Å². The summed E-state index contributed by atoms with van der Waals surface area (Å²) in [5.41, 5.74) is 0.658. The molecule has 2 fully saturated rings. The van der Waals surface area contributed by atoms with Gasteiger partial charge in [-0.3, -0.25) is 14.4 Å². The van der Waals surface area contributed by atoms with Crippen molar-refractivity contribution in [1.29, 1.82) is 0 Å². The normalized spacial score (nSPS) is 20.2. The Hall–Kier alpha value is -2.41. The molecule has 152 valence electrons. The summed E-state index contributed by atoms with van der Waals surface area (Å²) in [6, 6.07) is 7.18. The molecule has 2 amide bonds. The average molecular weight is 387 g/mol. The first-order valence-corrected chi connectivity index (χ1v) is 10.1. The number of likely N-dealkylation sites (tertiary alicyclic amines) is 1. The van der Waals surface area contributed by atoms with Crippen LogP contribution in [0.1, 0.15) is 43.0 Å². The van der Waals surface area contributed by atoms with Gasteiger partial charge in [0, 0.05) is 44.2 Å². The number of piperazine rings is 1. The molecule has 28 heavy (non-hydrogen) atoms. The van der Waals surface area contributed by atoms with E-state index in [1.807, 2.05) is 9.80 Å². The van der Waals surface area contributed by atoms with Crippen LogP contribution in [0.15, 0.2) is 24.3 Å². The van der Waals surface area contributed by atoms with Crippen LogP contribution < -0.4 is 10.1 Å². The van der Waals surface area contributed by atoms with Crippen LogP contribution in [0, 0.1) is 0 Å². The lowest BCUT2D eigenvalue weighted by Gasteiger charge is -2.41. The highest BCUT2D eigenvalue weighted by molar-refractivity contribution is 5.94. The van der Waals surface area contributed by atoms with E-state index in [2.05, 4.69) is 5.32 Å². The predicted octanol–water partition coefficient (Wildman–Crippen LogP) is 1.47. The van der Waals surface area contributed by atoms with Crippen LogP contribution in [0.3, 0.4) is 0 Å². The zero-order valence-corrected chi connectivity index (χ0v) is 16.5. The van der Waals surface area contributed by atoms with Gasteiger partial charge in [-0.05, 0) is 50.5 Å². The molecule has 1 N–H and O–H groups in total. The molecule has 0 spiro atoms. The fraction of sp³-hybridized carbons (Fsp3) is 0.571. The van der Waals surface area contributed by atoms with Crippen molar-refractivity contribution in [2.45, 2.75) is 38.6 Å². The van der Waals surface area contributed by atoms with Crippen molar-refractivity contribution in [3.8, 4) is 5.75 Å². The third-order valence-corrected chi connectivity index (χ3v) is 5.38. The van der Waals surface area contributed by atoms with E-state index >= 15 is 0 Å². The monoisotopic (exact) mass is 387 g/mol. The number of ether oxygens (including phenoxy) is 1. The minimum atomic E-state index is 0.0273. The predicted molar refractivity (Wildman–Crippen MR) is 105 cm³/mol. The number of nitrogens with one attached hydrogen (secondary N) is 1. The number of piperidine rings is 1. The van der Waals surface area contributed by atoms with Gasteiger partial charge in [-0.15, -0.1) is 0 Å². The molecule has 1 unspecified atom stereocenters. The molecule has 2 saturated heterocycles. The van der Waals surface area contributed by atoms with Gasteiger partial charge in [0.15, 0.2) is 5.78 Å². The molecule has 2 aliphatic heterocycles. The number of carbonyl (C=O) groups is 3. The zero-order valence-electron chi connectivity index (χ0n) is 16.5. The molecule has 1 aromatic carbocycles. The summed E-state index contributed by atoms with van der Waals surface area (Å²) in [5.74, 6) is 0.991. The van der Waals surface area contributed by atoms with E-state index in [9.17, 15) is 14.4 Å². The minimum absolute atomic E-state index is 0.0273. The Labute approximate surface area is 166 Å². The summed E-state index contributed by atoms with van der Waals surface area (Å²) in [4.78, 5) is 39.8. The van der Waals surface area contributed by atoms with Crippen molar-refractivity contribution in [2.24, 2.45) is 0 Å². The molecule has 2 heterocycles. The number of nitrogens with zero attached hydrogens (tertiary/aromatic N) is 2. The smallest absolute Gasteiger partial charge is 0.236 e. The average Bonchev–Trinajstić information content (AvgIpc) is 2.72. The van der Waals surface area contributed by atoms with Crippen LogP contribution in [0.4, 0.5) is 0 Å². The molecule has 2 aliphatic rings.